The first-order valence-corrected chi connectivity index (χ1v) is 11.7. The molecule has 0 spiro atoms. The second-order valence-corrected chi connectivity index (χ2v) is 9.85. The summed E-state index contributed by atoms with van der Waals surface area (Å²) in [5, 5.41) is 0.0444. The summed E-state index contributed by atoms with van der Waals surface area (Å²) in [7, 11) is 0. The topological polar surface area (TPSA) is 26.3 Å². The molecule has 1 aromatic carbocycles. The van der Waals surface area contributed by atoms with E-state index in [1.165, 1.54) is 57.1 Å². The summed E-state index contributed by atoms with van der Waals surface area (Å²) in [6, 6.07) is 4.21. The van der Waals surface area contributed by atoms with Crippen LogP contribution in [0.25, 0.3) is 0 Å². The number of benzene rings is 1. The van der Waals surface area contributed by atoms with Crippen molar-refractivity contribution in [1.29, 1.82) is 0 Å². The van der Waals surface area contributed by atoms with Crippen molar-refractivity contribution in [1.82, 2.24) is 0 Å². The molecule has 3 aliphatic rings. The number of ether oxygens (including phenoxy) is 1. The van der Waals surface area contributed by atoms with Crippen molar-refractivity contribution in [3.05, 3.63) is 41.7 Å². The fourth-order valence-electron chi connectivity index (χ4n) is 6.30. The zero-order valence-corrected chi connectivity index (χ0v) is 17.9. The number of allylic oxidation sites excluding steroid dienone is 1. The first kappa shape index (κ1) is 20.9. The molecule has 3 fully saturated rings. The molecule has 0 amide bonds. The number of fused-ring (bicyclic) bond motifs is 1. The molecule has 1 aromatic rings. The van der Waals surface area contributed by atoms with Crippen LogP contribution in [0.15, 0.2) is 30.9 Å². The standard InChI is InChI=1S/C25H32ClFO2/c1-2-16-6-8-17(9-7-16)18-10-12-21-19(14-18)4-3-5-22(21)25(28)29-20-11-13-23(26)24(27)15-20/h2,11,13,15-19,21-22H,1,3-10,12,14H2. The van der Waals surface area contributed by atoms with Crippen molar-refractivity contribution < 1.29 is 13.9 Å². The lowest BCUT2D eigenvalue weighted by atomic mass is 9.59. The molecule has 0 aliphatic heterocycles. The molecule has 3 saturated carbocycles. The Balaban J connectivity index is 1.36. The van der Waals surface area contributed by atoms with Gasteiger partial charge in [-0.2, -0.15) is 0 Å². The summed E-state index contributed by atoms with van der Waals surface area (Å²) in [4.78, 5) is 12.9. The number of hydrogen-bond donors (Lipinski definition) is 0. The largest absolute Gasteiger partial charge is 0.426 e. The first-order valence-electron chi connectivity index (χ1n) is 11.3. The SMILES string of the molecule is C=CC1CCC(C2CCC3C(CCCC3C(=O)Oc3ccc(Cl)c(F)c3)C2)CC1. The molecular weight excluding hydrogens is 387 g/mol. The van der Waals surface area contributed by atoms with Gasteiger partial charge in [-0.1, -0.05) is 30.5 Å². The molecule has 0 heterocycles. The van der Waals surface area contributed by atoms with E-state index >= 15 is 0 Å². The molecule has 3 aliphatic carbocycles. The fraction of sp³-hybridized carbons (Fsp3) is 0.640. The molecule has 4 heteroatoms. The van der Waals surface area contributed by atoms with E-state index in [0.29, 0.717) is 17.8 Å². The summed E-state index contributed by atoms with van der Waals surface area (Å²) in [5.74, 6) is 2.93. The van der Waals surface area contributed by atoms with Crippen LogP contribution in [0.1, 0.15) is 64.2 Å². The van der Waals surface area contributed by atoms with Crippen molar-refractivity contribution in [2.45, 2.75) is 64.2 Å². The van der Waals surface area contributed by atoms with E-state index in [9.17, 15) is 9.18 Å². The van der Waals surface area contributed by atoms with Gasteiger partial charge in [-0.15, -0.1) is 6.58 Å². The number of esters is 1. The molecule has 4 atom stereocenters. The average Bonchev–Trinajstić information content (AvgIpc) is 2.75. The Bertz CT molecular complexity index is 740. The predicted octanol–water partition coefficient (Wildman–Crippen LogP) is 7.21. The summed E-state index contributed by atoms with van der Waals surface area (Å²) in [5.41, 5.74) is 0. The van der Waals surface area contributed by atoms with Crippen LogP contribution < -0.4 is 4.74 Å². The van der Waals surface area contributed by atoms with Crippen LogP contribution in [0, 0.1) is 41.3 Å². The van der Waals surface area contributed by atoms with Gasteiger partial charge in [0.2, 0.25) is 0 Å². The lowest BCUT2D eigenvalue weighted by molar-refractivity contribution is -0.144. The molecule has 158 valence electrons. The quantitative estimate of drug-likeness (QED) is 0.293. The molecule has 29 heavy (non-hydrogen) atoms. The Kier molecular flexibility index (Phi) is 6.63. The number of halogens is 2. The van der Waals surface area contributed by atoms with Crippen molar-refractivity contribution >= 4 is 17.6 Å². The van der Waals surface area contributed by atoms with Crippen molar-refractivity contribution in [3.8, 4) is 5.75 Å². The highest BCUT2D eigenvalue weighted by molar-refractivity contribution is 6.30. The minimum atomic E-state index is -0.551. The lowest BCUT2D eigenvalue weighted by Crippen LogP contribution is -2.40. The van der Waals surface area contributed by atoms with Crippen molar-refractivity contribution in [3.63, 3.8) is 0 Å². The van der Waals surface area contributed by atoms with Crippen LogP contribution in [0.5, 0.6) is 5.75 Å². The Hall–Kier alpha value is -1.35. The Morgan fingerprint density at radius 3 is 2.52 bits per heavy atom. The van der Waals surface area contributed by atoms with E-state index in [1.54, 1.807) is 6.07 Å². The second kappa shape index (κ2) is 9.20. The maximum Gasteiger partial charge on any atom is 0.314 e. The normalized spacial score (nSPS) is 34.8. The van der Waals surface area contributed by atoms with Crippen LogP contribution in [-0.2, 0) is 4.79 Å². The maximum atomic E-state index is 13.7. The van der Waals surface area contributed by atoms with Gasteiger partial charge in [0.05, 0.1) is 10.9 Å². The van der Waals surface area contributed by atoms with E-state index < -0.39 is 5.82 Å². The summed E-state index contributed by atoms with van der Waals surface area (Å²) in [6.45, 7) is 3.97. The highest BCUT2D eigenvalue weighted by Gasteiger charge is 2.43. The summed E-state index contributed by atoms with van der Waals surface area (Å²) >= 11 is 5.73. The van der Waals surface area contributed by atoms with Gasteiger partial charge in [0.15, 0.2) is 0 Å². The van der Waals surface area contributed by atoms with E-state index in [4.69, 9.17) is 16.3 Å². The summed E-state index contributed by atoms with van der Waals surface area (Å²) in [6.07, 6.45) is 14.3. The smallest absolute Gasteiger partial charge is 0.314 e. The molecule has 0 N–H and O–H groups in total. The van der Waals surface area contributed by atoms with Gasteiger partial charge in [0, 0.05) is 6.07 Å². The minimum Gasteiger partial charge on any atom is -0.426 e. The predicted molar refractivity (Wildman–Crippen MR) is 114 cm³/mol. The Morgan fingerprint density at radius 1 is 1.03 bits per heavy atom. The second-order valence-electron chi connectivity index (χ2n) is 9.44. The van der Waals surface area contributed by atoms with E-state index in [0.717, 1.165) is 31.1 Å². The summed E-state index contributed by atoms with van der Waals surface area (Å²) < 4.78 is 19.2. The van der Waals surface area contributed by atoms with E-state index in [-0.39, 0.29) is 22.7 Å². The third-order valence-electron chi connectivity index (χ3n) is 7.92. The molecule has 2 nitrogen and oxygen atoms in total. The molecule has 4 rings (SSSR count). The monoisotopic (exact) mass is 418 g/mol. The number of carbonyl (C=O) groups is 1. The van der Waals surface area contributed by atoms with Crippen LogP contribution in [0.4, 0.5) is 4.39 Å². The third-order valence-corrected chi connectivity index (χ3v) is 8.22. The van der Waals surface area contributed by atoms with E-state index in [1.807, 2.05) is 0 Å². The van der Waals surface area contributed by atoms with Crippen LogP contribution in [0.2, 0.25) is 5.02 Å². The van der Waals surface area contributed by atoms with Gasteiger partial charge in [-0.05, 0) is 93.1 Å². The van der Waals surface area contributed by atoms with Gasteiger partial charge in [-0.25, -0.2) is 4.39 Å². The van der Waals surface area contributed by atoms with Crippen LogP contribution >= 0.6 is 11.6 Å². The van der Waals surface area contributed by atoms with Gasteiger partial charge < -0.3 is 4.74 Å². The van der Waals surface area contributed by atoms with Gasteiger partial charge in [0.25, 0.3) is 0 Å². The lowest BCUT2D eigenvalue weighted by Gasteiger charge is -2.45. The molecule has 4 unspecified atom stereocenters. The van der Waals surface area contributed by atoms with E-state index in [2.05, 4.69) is 12.7 Å². The fourth-order valence-corrected chi connectivity index (χ4v) is 6.42. The molecule has 0 bridgehead atoms. The molecule has 0 saturated heterocycles. The minimum absolute atomic E-state index is 0.0444. The maximum absolute atomic E-state index is 13.7. The molecule has 0 aromatic heterocycles. The van der Waals surface area contributed by atoms with Gasteiger partial charge in [0.1, 0.15) is 11.6 Å². The van der Waals surface area contributed by atoms with Crippen LogP contribution in [-0.4, -0.2) is 5.97 Å². The zero-order chi connectivity index (χ0) is 20.4. The number of hydrogen-bond acceptors (Lipinski definition) is 2. The van der Waals surface area contributed by atoms with Gasteiger partial charge >= 0.3 is 5.97 Å². The highest BCUT2D eigenvalue weighted by atomic mass is 35.5. The molecular formula is C25H32ClFO2. The average molecular weight is 419 g/mol. The highest BCUT2D eigenvalue weighted by Crippen LogP contribution is 2.50. The number of rotatable bonds is 4. The van der Waals surface area contributed by atoms with Gasteiger partial charge in [-0.3, -0.25) is 4.79 Å². The van der Waals surface area contributed by atoms with Crippen molar-refractivity contribution in [2.24, 2.45) is 35.5 Å². The third kappa shape index (κ3) is 4.71. The Morgan fingerprint density at radius 2 is 1.79 bits per heavy atom. The number of carbonyl (C=O) groups excluding carboxylic acids is 1. The first-order chi connectivity index (χ1) is 14.0. The molecule has 0 radical (unpaired) electrons. The zero-order valence-electron chi connectivity index (χ0n) is 17.1. The Labute approximate surface area is 178 Å². The van der Waals surface area contributed by atoms with Crippen LogP contribution in [0.3, 0.4) is 0 Å². The van der Waals surface area contributed by atoms with Crippen molar-refractivity contribution in [2.75, 3.05) is 0 Å².